The van der Waals surface area contributed by atoms with E-state index >= 15 is 0 Å². The van der Waals surface area contributed by atoms with Crippen LogP contribution in [0.3, 0.4) is 0 Å². The van der Waals surface area contributed by atoms with E-state index in [1.54, 1.807) is 30.3 Å². The van der Waals surface area contributed by atoms with Gasteiger partial charge in [0, 0.05) is 5.56 Å². The van der Waals surface area contributed by atoms with Gasteiger partial charge in [0.1, 0.15) is 0 Å². The van der Waals surface area contributed by atoms with Crippen LogP contribution >= 0.6 is 24.0 Å². The molecule has 1 fully saturated rings. The van der Waals surface area contributed by atoms with E-state index in [1.165, 1.54) is 21.3 Å². The lowest BCUT2D eigenvalue weighted by Crippen LogP contribution is -2.45. The van der Waals surface area contributed by atoms with Gasteiger partial charge in [-0.2, -0.15) is 5.01 Å². The van der Waals surface area contributed by atoms with Crippen LogP contribution in [0.1, 0.15) is 21.5 Å². The Hall–Kier alpha value is -3.04. The number of carbonyl (C=O) groups excluding carboxylic acids is 2. The fourth-order valence-electron chi connectivity index (χ4n) is 2.89. The van der Waals surface area contributed by atoms with Crippen LogP contribution in [-0.4, -0.2) is 42.5 Å². The number of aryl methyl sites for hydroxylation is 1. The highest BCUT2D eigenvalue weighted by Gasteiger charge is 2.34. The fourth-order valence-corrected chi connectivity index (χ4v) is 4.07. The standard InChI is InChI=1S/C21H20N2O5S2/c1-12-7-5-6-8-14(12)19(24)22-23-20(25)17(30-21(23)29)11-13-9-15(26-2)18(28-4)16(10-13)27-3/h5-11H,1-4H3,(H,22,24)/b17-11-. The molecule has 1 aliphatic rings. The average Bonchev–Trinajstić information content (AvgIpc) is 3.00. The number of benzene rings is 2. The Bertz CT molecular complexity index is 1030. The van der Waals surface area contributed by atoms with Crippen LogP contribution in [0.5, 0.6) is 17.2 Å². The Kier molecular flexibility index (Phi) is 6.63. The summed E-state index contributed by atoms with van der Waals surface area (Å²) in [4.78, 5) is 25.8. The maximum Gasteiger partial charge on any atom is 0.285 e. The minimum atomic E-state index is -0.416. The highest BCUT2D eigenvalue weighted by Crippen LogP contribution is 2.40. The number of hydrazine groups is 1. The Morgan fingerprint density at radius 2 is 1.73 bits per heavy atom. The summed E-state index contributed by atoms with van der Waals surface area (Å²) >= 11 is 6.39. The lowest BCUT2D eigenvalue weighted by Gasteiger charge is -2.16. The number of ether oxygens (including phenoxy) is 3. The summed E-state index contributed by atoms with van der Waals surface area (Å²) in [5.41, 5.74) is 4.52. The second-order valence-corrected chi connectivity index (χ2v) is 7.91. The van der Waals surface area contributed by atoms with E-state index in [0.717, 1.165) is 22.3 Å². The van der Waals surface area contributed by atoms with Crippen LogP contribution in [0.4, 0.5) is 0 Å². The molecule has 2 aromatic carbocycles. The number of hydrogen-bond acceptors (Lipinski definition) is 7. The zero-order valence-corrected chi connectivity index (χ0v) is 18.5. The van der Waals surface area contributed by atoms with Crippen molar-refractivity contribution in [1.82, 2.24) is 10.4 Å². The van der Waals surface area contributed by atoms with Crippen LogP contribution in [0.25, 0.3) is 6.08 Å². The minimum absolute atomic E-state index is 0.237. The first kappa shape index (κ1) is 21.7. The van der Waals surface area contributed by atoms with Crippen LogP contribution in [0.2, 0.25) is 0 Å². The molecule has 7 nitrogen and oxygen atoms in total. The third-order valence-corrected chi connectivity index (χ3v) is 5.68. The molecule has 2 amide bonds. The van der Waals surface area contributed by atoms with Gasteiger partial charge in [-0.25, -0.2) is 0 Å². The van der Waals surface area contributed by atoms with Crippen molar-refractivity contribution in [1.29, 1.82) is 0 Å². The second-order valence-electron chi connectivity index (χ2n) is 6.23. The molecule has 0 radical (unpaired) electrons. The van der Waals surface area contributed by atoms with Crippen molar-refractivity contribution in [2.24, 2.45) is 0 Å². The quantitative estimate of drug-likeness (QED) is 0.539. The molecule has 0 saturated carbocycles. The van der Waals surface area contributed by atoms with Gasteiger partial charge >= 0.3 is 0 Å². The molecule has 0 bridgehead atoms. The minimum Gasteiger partial charge on any atom is -0.493 e. The van der Waals surface area contributed by atoms with Gasteiger partial charge in [-0.15, -0.1) is 0 Å². The average molecular weight is 445 g/mol. The molecule has 0 aliphatic carbocycles. The predicted molar refractivity (Wildman–Crippen MR) is 120 cm³/mol. The molecular weight excluding hydrogens is 424 g/mol. The molecule has 0 spiro atoms. The monoisotopic (exact) mass is 444 g/mol. The van der Waals surface area contributed by atoms with E-state index in [2.05, 4.69) is 5.43 Å². The number of rotatable bonds is 6. The van der Waals surface area contributed by atoms with Crippen molar-refractivity contribution in [2.45, 2.75) is 6.92 Å². The molecule has 3 rings (SSSR count). The summed E-state index contributed by atoms with van der Waals surface area (Å²) in [6, 6.07) is 10.6. The van der Waals surface area contributed by atoms with Crippen LogP contribution in [0.15, 0.2) is 41.3 Å². The van der Waals surface area contributed by atoms with Gasteiger partial charge in [0.25, 0.3) is 11.8 Å². The molecule has 1 aliphatic heterocycles. The Labute approximate surface area is 184 Å². The summed E-state index contributed by atoms with van der Waals surface area (Å²) in [6.45, 7) is 1.82. The molecule has 0 aromatic heterocycles. The Morgan fingerprint density at radius 1 is 1.10 bits per heavy atom. The van der Waals surface area contributed by atoms with E-state index in [1.807, 2.05) is 19.1 Å². The zero-order chi connectivity index (χ0) is 21.8. The number of thioether (sulfide) groups is 1. The van der Waals surface area contributed by atoms with Gasteiger partial charge in [0.2, 0.25) is 5.75 Å². The number of nitrogens with zero attached hydrogens (tertiary/aromatic N) is 1. The summed E-state index contributed by atoms with van der Waals surface area (Å²) in [7, 11) is 4.55. The van der Waals surface area contributed by atoms with E-state index < -0.39 is 11.8 Å². The van der Waals surface area contributed by atoms with E-state index in [0.29, 0.717) is 33.3 Å². The first-order valence-electron chi connectivity index (χ1n) is 8.84. The summed E-state index contributed by atoms with van der Waals surface area (Å²) in [5.74, 6) is 0.562. The Balaban J connectivity index is 1.86. The number of hydrogen-bond donors (Lipinski definition) is 1. The van der Waals surface area contributed by atoms with Gasteiger partial charge in [0.05, 0.1) is 26.2 Å². The Morgan fingerprint density at radius 3 is 2.30 bits per heavy atom. The van der Waals surface area contributed by atoms with Crippen molar-refractivity contribution in [2.75, 3.05) is 21.3 Å². The molecule has 0 unspecified atom stereocenters. The molecule has 0 atom stereocenters. The smallest absolute Gasteiger partial charge is 0.285 e. The predicted octanol–water partition coefficient (Wildman–Crippen LogP) is 3.57. The van der Waals surface area contributed by atoms with Crippen LogP contribution in [0, 0.1) is 6.92 Å². The van der Waals surface area contributed by atoms with Crippen molar-refractivity contribution in [3.8, 4) is 17.2 Å². The molecule has 30 heavy (non-hydrogen) atoms. The highest BCUT2D eigenvalue weighted by atomic mass is 32.2. The third kappa shape index (κ3) is 4.27. The lowest BCUT2D eigenvalue weighted by molar-refractivity contribution is -0.123. The zero-order valence-electron chi connectivity index (χ0n) is 16.8. The summed E-state index contributed by atoms with van der Waals surface area (Å²) < 4.78 is 16.2. The molecule has 1 N–H and O–H groups in total. The maximum atomic E-state index is 12.9. The van der Waals surface area contributed by atoms with Crippen LogP contribution < -0.4 is 19.6 Å². The molecule has 1 saturated heterocycles. The highest BCUT2D eigenvalue weighted by molar-refractivity contribution is 8.26. The number of thiocarbonyl (C=S) groups is 1. The summed E-state index contributed by atoms with van der Waals surface area (Å²) in [5, 5.41) is 1.08. The third-order valence-electron chi connectivity index (χ3n) is 4.38. The lowest BCUT2D eigenvalue weighted by atomic mass is 10.1. The first-order valence-corrected chi connectivity index (χ1v) is 10.1. The van der Waals surface area contributed by atoms with Crippen molar-refractivity contribution < 1.29 is 23.8 Å². The van der Waals surface area contributed by atoms with Gasteiger partial charge in [-0.1, -0.05) is 30.0 Å². The molecular formula is C21H20N2O5S2. The SMILES string of the molecule is COc1cc(/C=C2\SC(=S)N(NC(=O)c3ccccc3C)C2=O)cc(OC)c1OC. The number of carbonyl (C=O) groups is 2. The van der Waals surface area contributed by atoms with Gasteiger partial charge in [0.15, 0.2) is 15.8 Å². The molecule has 2 aromatic rings. The van der Waals surface area contributed by atoms with Crippen molar-refractivity contribution in [3.63, 3.8) is 0 Å². The number of nitrogens with one attached hydrogen (secondary N) is 1. The maximum absolute atomic E-state index is 12.9. The van der Waals surface area contributed by atoms with E-state index in [9.17, 15) is 9.59 Å². The van der Waals surface area contributed by atoms with Gasteiger partial charge < -0.3 is 14.2 Å². The second kappa shape index (κ2) is 9.19. The van der Waals surface area contributed by atoms with Gasteiger partial charge in [-0.05, 0) is 54.5 Å². The number of methoxy groups -OCH3 is 3. The van der Waals surface area contributed by atoms with Crippen molar-refractivity contribution in [3.05, 3.63) is 58.0 Å². The fraction of sp³-hybridized carbons (Fsp3) is 0.190. The number of amides is 2. The van der Waals surface area contributed by atoms with E-state index in [4.69, 9.17) is 26.4 Å². The van der Waals surface area contributed by atoms with Gasteiger partial charge in [-0.3, -0.25) is 15.0 Å². The topological polar surface area (TPSA) is 77.1 Å². The molecule has 9 heteroatoms. The van der Waals surface area contributed by atoms with Crippen molar-refractivity contribution >= 4 is 46.2 Å². The molecule has 1 heterocycles. The normalized spacial score (nSPS) is 14.8. The molecule has 156 valence electrons. The van der Waals surface area contributed by atoms with Crippen LogP contribution in [-0.2, 0) is 4.79 Å². The summed E-state index contributed by atoms with van der Waals surface area (Å²) in [6.07, 6.45) is 1.66. The largest absolute Gasteiger partial charge is 0.493 e. The van der Waals surface area contributed by atoms with E-state index in [-0.39, 0.29) is 4.32 Å². The first-order chi connectivity index (χ1) is 14.4.